The molecule has 0 aliphatic rings. The number of amides is 1. The number of carbonyl (C=O) groups is 1. The Morgan fingerprint density at radius 1 is 1.00 bits per heavy atom. The van der Waals surface area contributed by atoms with Gasteiger partial charge in [0.05, 0.1) is 19.9 Å². The maximum absolute atomic E-state index is 12.6. The SMILES string of the molecule is COc1ccc(Nc2cc(C(=O)Nc3ccc(Cl)cc3)nc(C)n2)c(OC)c1. The summed E-state index contributed by atoms with van der Waals surface area (Å²) >= 11 is 5.87. The number of rotatable bonds is 6. The quantitative estimate of drug-likeness (QED) is 0.638. The molecule has 0 saturated carbocycles. The average molecular weight is 399 g/mol. The summed E-state index contributed by atoms with van der Waals surface area (Å²) in [6.07, 6.45) is 0. The lowest BCUT2D eigenvalue weighted by Gasteiger charge is -2.13. The molecule has 0 aliphatic heterocycles. The van der Waals surface area contributed by atoms with Crippen molar-refractivity contribution in [3.05, 3.63) is 65.1 Å². The Balaban J connectivity index is 1.83. The van der Waals surface area contributed by atoms with E-state index in [2.05, 4.69) is 20.6 Å². The van der Waals surface area contributed by atoms with Crippen molar-refractivity contribution in [3.63, 3.8) is 0 Å². The molecule has 0 spiro atoms. The van der Waals surface area contributed by atoms with Gasteiger partial charge in [-0.1, -0.05) is 11.6 Å². The highest BCUT2D eigenvalue weighted by Gasteiger charge is 2.13. The number of carbonyl (C=O) groups excluding carboxylic acids is 1. The lowest BCUT2D eigenvalue weighted by Crippen LogP contribution is -2.15. The molecule has 0 fully saturated rings. The molecule has 7 nitrogen and oxygen atoms in total. The van der Waals surface area contributed by atoms with Crippen LogP contribution in [-0.2, 0) is 0 Å². The molecule has 0 unspecified atom stereocenters. The molecular weight excluding hydrogens is 380 g/mol. The van der Waals surface area contributed by atoms with Gasteiger partial charge in [-0.3, -0.25) is 4.79 Å². The molecule has 1 aromatic heterocycles. The highest BCUT2D eigenvalue weighted by molar-refractivity contribution is 6.30. The van der Waals surface area contributed by atoms with Gasteiger partial charge in [-0.15, -0.1) is 0 Å². The minimum absolute atomic E-state index is 0.234. The van der Waals surface area contributed by atoms with Crippen LogP contribution in [0, 0.1) is 6.92 Å². The molecule has 0 saturated heterocycles. The zero-order chi connectivity index (χ0) is 20.1. The highest BCUT2D eigenvalue weighted by Crippen LogP contribution is 2.31. The molecule has 0 bridgehead atoms. The molecule has 2 N–H and O–H groups in total. The third-order valence-electron chi connectivity index (χ3n) is 3.84. The van der Waals surface area contributed by atoms with Crippen molar-refractivity contribution in [1.82, 2.24) is 9.97 Å². The number of aryl methyl sites for hydroxylation is 1. The monoisotopic (exact) mass is 398 g/mol. The summed E-state index contributed by atoms with van der Waals surface area (Å²) in [5.41, 5.74) is 1.54. The maximum atomic E-state index is 12.6. The first-order valence-electron chi connectivity index (χ1n) is 8.40. The fourth-order valence-corrected chi connectivity index (χ4v) is 2.64. The molecule has 0 atom stereocenters. The number of methoxy groups -OCH3 is 2. The van der Waals surface area contributed by atoms with Crippen molar-refractivity contribution in [1.29, 1.82) is 0 Å². The second-order valence-electron chi connectivity index (χ2n) is 5.84. The summed E-state index contributed by atoms with van der Waals surface area (Å²) in [6.45, 7) is 1.72. The summed E-state index contributed by atoms with van der Waals surface area (Å²) < 4.78 is 10.6. The predicted molar refractivity (Wildman–Crippen MR) is 109 cm³/mol. The second kappa shape index (κ2) is 8.58. The van der Waals surface area contributed by atoms with E-state index in [1.54, 1.807) is 63.6 Å². The van der Waals surface area contributed by atoms with E-state index in [-0.39, 0.29) is 11.6 Å². The second-order valence-corrected chi connectivity index (χ2v) is 6.27. The van der Waals surface area contributed by atoms with Gasteiger partial charge < -0.3 is 20.1 Å². The van der Waals surface area contributed by atoms with Gasteiger partial charge in [0, 0.05) is 22.8 Å². The first kappa shape index (κ1) is 19.4. The number of halogens is 1. The normalized spacial score (nSPS) is 10.3. The minimum atomic E-state index is -0.349. The van der Waals surface area contributed by atoms with Gasteiger partial charge >= 0.3 is 0 Å². The Morgan fingerprint density at radius 3 is 2.43 bits per heavy atom. The number of anilines is 3. The van der Waals surface area contributed by atoms with Crippen LogP contribution in [0.1, 0.15) is 16.3 Å². The predicted octanol–water partition coefficient (Wildman–Crippen LogP) is 4.45. The van der Waals surface area contributed by atoms with Crippen LogP contribution >= 0.6 is 11.6 Å². The van der Waals surface area contributed by atoms with E-state index in [1.165, 1.54) is 0 Å². The Labute approximate surface area is 167 Å². The van der Waals surface area contributed by atoms with Crippen LogP contribution in [-0.4, -0.2) is 30.1 Å². The van der Waals surface area contributed by atoms with Crippen molar-refractivity contribution in [3.8, 4) is 11.5 Å². The molecule has 0 aliphatic carbocycles. The van der Waals surface area contributed by atoms with Gasteiger partial charge in [0.2, 0.25) is 0 Å². The van der Waals surface area contributed by atoms with Crippen molar-refractivity contribution in [2.24, 2.45) is 0 Å². The largest absolute Gasteiger partial charge is 0.497 e. The number of hydrogen-bond acceptors (Lipinski definition) is 6. The zero-order valence-corrected chi connectivity index (χ0v) is 16.4. The van der Waals surface area contributed by atoms with Gasteiger partial charge in [-0.25, -0.2) is 9.97 Å². The smallest absolute Gasteiger partial charge is 0.274 e. The van der Waals surface area contributed by atoms with Crippen molar-refractivity contribution in [2.75, 3.05) is 24.9 Å². The summed E-state index contributed by atoms with van der Waals surface area (Å²) in [5, 5.41) is 6.53. The zero-order valence-electron chi connectivity index (χ0n) is 15.6. The third-order valence-corrected chi connectivity index (χ3v) is 4.10. The molecular formula is C20H19ClN4O3. The Hall–Kier alpha value is -3.32. The van der Waals surface area contributed by atoms with E-state index in [0.717, 1.165) is 0 Å². The van der Waals surface area contributed by atoms with Crippen molar-refractivity contribution >= 4 is 34.7 Å². The lowest BCUT2D eigenvalue weighted by atomic mass is 10.2. The van der Waals surface area contributed by atoms with E-state index in [9.17, 15) is 4.79 Å². The molecule has 1 heterocycles. The van der Waals surface area contributed by atoms with Gasteiger partial charge in [-0.2, -0.15) is 0 Å². The van der Waals surface area contributed by atoms with Gasteiger partial charge in [-0.05, 0) is 43.3 Å². The fraction of sp³-hybridized carbons (Fsp3) is 0.150. The molecule has 3 rings (SSSR count). The molecule has 28 heavy (non-hydrogen) atoms. The summed E-state index contributed by atoms with van der Waals surface area (Å²) in [7, 11) is 3.15. The molecule has 2 aromatic carbocycles. The minimum Gasteiger partial charge on any atom is -0.497 e. The topological polar surface area (TPSA) is 85.4 Å². The van der Waals surface area contributed by atoms with E-state index < -0.39 is 0 Å². The standard InChI is InChI=1S/C20H19ClN4O3/c1-12-22-17(20(26)24-14-6-4-13(21)5-7-14)11-19(23-12)25-16-9-8-15(27-2)10-18(16)28-3/h4-11H,1-3H3,(H,24,26)(H,22,23,25). The van der Waals surface area contributed by atoms with Crippen LogP contribution in [0.5, 0.6) is 11.5 Å². The van der Waals surface area contributed by atoms with Crippen LogP contribution < -0.4 is 20.1 Å². The third kappa shape index (κ3) is 4.69. The summed E-state index contributed by atoms with van der Waals surface area (Å²) in [6, 6.07) is 13.8. The number of ether oxygens (including phenoxy) is 2. The molecule has 144 valence electrons. The molecule has 8 heteroatoms. The molecule has 1 amide bonds. The van der Waals surface area contributed by atoms with Gasteiger partial charge in [0.1, 0.15) is 28.8 Å². The fourth-order valence-electron chi connectivity index (χ4n) is 2.52. The number of benzene rings is 2. The highest BCUT2D eigenvalue weighted by atomic mass is 35.5. The average Bonchev–Trinajstić information content (AvgIpc) is 2.69. The Morgan fingerprint density at radius 2 is 1.75 bits per heavy atom. The number of nitrogens with one attached hydrogen (secondary N) is 2. The van der Waals surface area contributed by atoms with Crippen molar-refractivity contribution in [2.45, 2.75) is 6.92 Å². The first-order chi connectivity index (χ1) is 13.5. The van der Waals surface area contributed by atoms with Gasteiger partial charge in [0.25, 0.3) is 5.91 Å². The van der Waals surface area contributed by atoms with E-state index >= 15 is 0 Å². The summed E-state index contributed by atoms with van der Waals surface area (Å²) in [4.78, 5) is 21.1. The van der Waals surface area contributed by atoms with E-state index in [4.69, 9.17) is 21.1 Å². The lowest BCUT2D eigenvalue weighted by molar-refractivity contribution is 0.102. The number of aromatic nitrogens is 2. The molecule has 0 radical (unpaired) electrons. The van der Waals surface area contributed by atoms with Crippen LogP contribution in [0.4, 0.5) is 17.2 Å². The van der Waals surface area contributed by atoms with Crippen LogP contribution in [0.25, 0.3) is 0 Å². The maximum Gasteiger partial charge on any atom is 0.274 e. The van der Waals surface area contributed by atoms with Crippen LogP contribution in [0.2, 0.25) is 5.02 Å². The van der Waals surface area contributed by atoms with Gasteiger partial charge in [0.15, 0.2) is 0 Å². The molecule has 3 aromatic rings. The van der Waals surface area contributed by atoms with Crippen molar-refractivity contribution < 1.29 is 14.3 Å². The summed E-state index contributed by atoms with van der Waals surface area (Å²) in [5.74, 6) is 1.83. The Bertz CT molecular complexity index is 993. The number of nitrogens with zero attached hydrogens (tertiary/aromatic N) is 2. The van der Waals surface area contributed by atoms with Crippen LogP contribution in [0.3, 0.4) is 0 Å². The number of hydrogen-bond donors (Lipinski definition) is 2. The first-order valence-corrected chi connectivity index (χ1v) is 8.78. The van der Waals surface area contributed by atoms with E-state index in [0.29, 0.717) is 39.5 Å². The van der Waals surface area contributed by atoms with Crippen LogP contribution in [0.15, 0.2) is 48.5 Å². The Kier molecular flexibility index (Phi) is 5.96. The van der Waals surface area contributed by atoms with E-state index in [1.807, 2.05) is 6.07 Å².